The van der Waals surface area contributed by atoms with Gasteiger partial charge in [-0.15, -0.1) is 0 Å². The summed E-state index contributed by atoms with van der Waals surface area (Å²) in [5.74, 6) is 0.0487. The molecule has 0 bridgehead atoms. The van der Waals surface area contributed by atoms with Crippen LogP contribution in [0, 0.1) is 0 Å². The van der Waals surface area contributed by atoms with Gasteiger partial charge >= 0.3 is 5.97 Å². The highest BCUT2D eigenvalue weighted by molar-refractivity contribution is 5.90. The number of carbonyl (C=O) groups is 1. The maximum absolute atomic E-state index is 13.3. The van der Waals surface area contributed by atoms with Crippen LogP contribution in [-0.2, 0) is 43.3 Å². The second kappa shape index (κ2) is 10.7. The average Bonchev–Trinajstić information content (AvgIpc) is 3.54. The number of hydrogen-bond donors (Lipinski definition) is 2. The molecule has 4 aromatic rings. The molecule has 2 N–H and O–H groups in total. The lowest BCUT2D eigenvalue weighted by atomic mass is 9.64. The van der Waals surface area contributed by atoms with Crippen LogP contribution in [0.3, 0.4) is 0 Å². The van der Waals surface area contributed by atoms with Crippen molar-refractivity contribution in [1.29, 1.82) is 0 Å². The third-order valence-electron chi connectivity index (χ3n) is 10.5. The van der Waals surface area contributed by atoms with Crippen LogP contribution >= 0.6 is 0 Å². The van der Waals surface area contributed by atoms with Crippen molar-refractivity contribution in [3.8, 4) is 5.75 Å². The minimum absolute atomic E-state index is 0.0438. The molecular weight excluding hydrogens is 566 g/mol. The third-order valence-corrected chi connectivity index (χ3v) is 10.5. The largest absolute Gasteiger partial charge is 0.493 e. The van der Waals surface area contributed by atoms with E-state index in [1.807, 2.05) is 36.0 Å². The smallest absolute Gasteiger partial charge is 0.352 e. The Hall–Kier alpha value is -4.24. The fraction of sp³-hybridized carbons (Fsp3) is 0.444. The number of aryl methyl sites for hydroxylation is 1. The number of carboxylic acids is 1. The first-order chi connectivity index (χ1) is 21.9. The number of carboxylic acid groups (broad SMARTS) is 1. The lowest BCUT2D eigenvalue weighted by Crippen LogP contribution is -2.53. The van der Waals surface area contributed by atoms with E-state index in [4.69, 9.17) is 14.6 Å². The molecule has 0 amide bonds. The Balaban J connectivity index is 1.27. The number of fused-ring (bicyclic) bond motifs is 1. The molecule has 4 aliphatic rings. The summed E-state index contributed by atoms with van der Waals surface area (Å²) in [6.07, 6.45) is 3.06. The molecule has 2 aromatic heterocycles. The van der Waals surface area contributed by atoms with Crippen LogP contribution in [0.5, 0.6) is 5.75 Å². The van der Waals surface area contributed by atoms with Gasteiger partial charge in [0.1, 0.15) is 11.4 Å². The molecule has 234 valence electrons. The minimum Gasteiger partial charge on any atom is -0.493 e. The second-order valence-corrected chi connectivity index (χ2v) is 13.1. The molecule has 45 heavy (non-hydrogen) atoms. The fourth-order valence-electron chi connectivity index (χ4n) is 8.76. The van der Waals surface area contributed by atoms with Gasteiger partial charge in [-0.2, -0.15) is 5.10 Å². The van der Waals surface area contributed by atoms with Crippen molar-refractivity contribution in [1.82, 2.24) is 24.6 Å². The van der Waals surface area contributed by atoms with Crippen LogP contribution in [0.4, 0.5) is 0 Å². The SMILES string of the molecule is CC1C2=C3N(CCN2)Cc2c4c(nn2C)COCCCCn2c(C(=O)O)c(CCCOc5cccc6ccccc56)c1c2C34C. The van der Waals surface area contributed by atoms with Crippen molar-refractivity contribution in [2.45, 2.75) is 70.6 Å². The van der Waals surface area contributed by atoms with Gasteiger partial charge < -0.3 is 29.4 Å². The number of allylic oxidation sites excluding steroid dienone is 2. The van der Waals surface area contributed by atoms with Gasteiger partial charge in [0.05, 0.1) is 42.3 Å². The van der Waals surface area contributed by atoms with E-state index in [9.17, 15) is 9.90 Å². The van der Waals surface area contributed by atoms with Crippen LogP contribution < -0.4 is 10.1 Å². The van der Waals surface area contributed by atoms with Crippen LogP contribution in [0.15, 0.2) is 53.9 Å². The Morgan fingerprint density at radius 2 is 2.02 bits per heavy atom. The molecular formula is C36H41N5O4. The molecule has 0 radical (unpaired) electrons. The molecule has 5 heterocycles. The fourth-order valence-corrected chi connectivity index (χ4v) is 8.76. The highest BCUT2D eigenvalue weighted by Crippen LogP contribution is 2.57. The van der Waals surface area contributed by atoms with E-state index >= 15 is 0 Å². The zero-order valence-corrected chi connectivity index (χ0v) is 26.4. The summed E-state index contributed by atoms with van der Waals surface area (Å²) >= 11 is 0. The molecule has 2 unspecified atom stereocenters. The van der Waals surface area contributed by atoms with Gasteiger partial charge in [-0.1, -0.05) is 43.3 Å². The molecule has 0 spiro atoms. The van der Waals surface area contributed by atoms with Crippen molar-refractivity contribution in [3.63, 3.8) is 0 Å². The average molecular weight is 608 g/mol. The Morgan fingerprint density at radius 1 is 1.18 bits per heavy atom. The topological polar surface area (TPSA) is 93.8 Å². The first-order valence-electron chi connectivity index (χ1n) is 16.4. The molecule has 9 nitrogen and oxygen atoms in total. The number of ether oxygens (including phenoxy) is 2. The second-order valence-electron chi connectivity index (χ2n) is 13.1. The normalized spacial score (nSPS) is 22.1. The van der Waals surface area contributed by atoms with E-state index in [1.165, 1.54) is 22.7 Å². The van der Waals surface area contributed by atoms with Gasteiger partial charge in [0.25, 0.3) is 0 Å². The summed E-state index contributed by atoms with van der Waals surface area (Å²) in [6.45, 7) is 9.36. The standard InChI is InChI=1S/C36H41N5O4/c1-22-29-25(13-9-19-45-28-14-8-11-23-10-4-5-12-24(23)28)32(35(42)43)41-16-6-7-18-44-21-26-30-27(39(3)38-26)20-40-17-15-37-31(22)34(40)36(30,2)33(29)41/h4-5,8,10-12,14,22,37H,6-7,9,13,15-21H2,1-3H3,(H,42,43). The summed E-state index contributed by atoms with van der Waals surface area (Å²) < 4.78 is 16.7. The predicted molar refractivity (Wildman–Crippen MR) is 172 cm³/mol. The summed E-state index contributed by atoms with van der Waals surface area (Å²) in [4.78, 5) is 15.8. The molecule has 0 fully saturated rings. The van der Waals surface area contributed by atoms with E-state index in [0.29, 0.717) is 44.9 Å². The molecule has 0 saturated carbocycles. The predicted octanol–water partition coefficient (Wildman–Crippen LogP) is 5.45. The van der Waals surface area contributed by atoms with E-state index in [-0.39, 0.29) is 5.92 Å². The quantitative estimate of drug-likeness (QED) is 0.282. The summed E-state index contributed by atoms with van der Waals surface area (Å²) in [5.41, 5.74) is 8.95. The molecule has 9 heteroatoms. The Kier molecular flexibility index (Phi) is 6.71. The molecule has 2 atom stereocenters. The lowest BCUT2D eigenvalue weighted by molar-refractivity contribution is 0.0682. The molecule has 3 aliphatic heterocycles. The number of aromatic carboxylic acids is 1. The first-order valence-corrected chi connectivity index (χ1v) is 16.4. The van der Waals surface area contributed by atoms with Crippen LogP contribution in [0.2, 0.25) is 0 Å². The van der Waals surface area contributed by atoms with Gasteiger partial charge in [0.15, 0.2) is 0 Å². The third kappa shape index (κ3) is 4.16. The van der Waals surface area contributed by atoms with Gasteiger partial charge in [-0.25, -0.2) is 4.79 Å². The number of nitrogens with zero attached hydrogens (tertiary/aromatic N) is 4. The van der Waals surface area contributed by atoms with Gasteiger partial charge in [0, 0.05) is 61.5 Å². The van der Waals surface area contributed by atoms with Crippen molar-refractivity contribution >= 4 is 16.7 Å². The maximum atomic E-state index is 13.3. The van der Waals surface area contributed by atoms with Crippen molar-refractivity contribution in [3.05, 3.63) is 93.3 Å². The number of rotatable bonds is 6. The monoisotopic (exact) mass is 607 g/mol. The van der Waals surface area contributed by atoms with E-state index < -0.39 is 11.4 Å². The van der Waals surface area contributed by atoms with Crippen LogP contribution in [0.25, 0.3) is 10.8 Å². The highest BCUT2D eigenvalue weighted by atomic mass is 16.5. The van der Waals surface area contributed by atoms with Gasteiger partial charge in [-0.3, -0.25) is 4.68 Å². The van der Waals surface area contributed by atoms with E-state index in [2.05, 4.69) is 46.8 Å². The Labute approximate surface area is 263 Å². The van der Waals surface area contributed by atoms with Crippen molar-refractivity contribution < 1.29 is 19.4 Å². The molecule has 2 aromatic carbocycles. The first kappa shape index (κ1) is 28.2. The van der Waals surface area contributed by atoms with Gasteiger partial charge in [-0.05, 0) is 55.2 Å². The number of nitrogens with one attached hydrogen (secondary N) is 1. The minimum atomic E-state index is -0.860. The number of aromatic nitrogens is 3. The van der Waals surface area contributed by atoms with Crippen molar-refractivity contribution in [2.75, 3.05) is 26.3 Å². The van der Waals surface area contributed by atoms with Gasteiger partial charge in [0.2, 0.25) is 0 Å². The Bertz CT molecular complexity index is 1860. The maximum Gasteiger partial charge on any atom is 0.352 e. The zero-order chi connectivity index (χ0) is 30.9. The number of hydrogen-bond acceptors (Lipinski definition) is 6. The summed E-state index contributed by atoms with van der Waals surface area (Å²) in [5, 5.41) is 21.9. The summed E-state index contributed by atoms with van der Waals surface area (Å²) in [7, 11) is 2.03. The highest BCUT2D eigenvalue weighted by Gasteiger charge is 2.55. The van der Waals surface area contributed by atoms with E-state index in [1.54, 1.807) is 0 Å². The zero-order valence-electron chi connectivity index (χ0n) is 26.4. The summed E-state index contributed by atoms with van der Waals surface area (Å²) in [6, 6.07) is 14.4. The van der Waals surface area contributed by atoms with Crippen molar-refractivity contribution in [2.24, 2.45) is 7.05 Å². The molecule has 0 saturated heterocycles. The van der Waals surface area contributed by atoms with E-state index in [0.717, 1.165) is 71.5 Å². The lowest BCUT2D eigenvalue weighted by Gasteiger charge is -2.52. The molecule has 1 aliphatic carbocycles. The number of benzene rings is 2. The van der Waals surface area contributed by atoms with Crippen LogP contribution in [0.1, 0.15) is 83.3 Å². The molecule has 8 rings (SSSR count). The van der Waals surface area contributed by atoms with Crippen LogP contribution in [-0.4, -0.2) is 56.6 Å². The Morgan fingerprint density at radius 3 is 2.89 bits per heavy atom.